The number of nitrogens with two attached hydrogens (primary N) is 1. The maximum atomic E-state index is 12.1. The molecular formula is C17H26N2O3. The molecule has 22 heavy (non-hydrogen) atoms. The lowest BCUT2D eigenvalue weighted by molar-refractivity contribution is -0.147. The Kier molecular flexibility index (Phi) is 8.22. The normalized spacial score (nSPS) is 13.2. The number of carbonyl (C=O) groups is 2. The molecule has 0 fully saturated rings. The number of benzene rings is 1. The van der Waals surface area contributed by atoms with Crippen LogP contribution in [0.5, 0.6) is 0 Å². The van der Waals surface area contributed by atoms with E-state index in [9.17, 15) is 9.59 Å². The monoisotopic (exact) mass is 306 g/mol. The van der Waals surface area contributed by atoms with E-state index in [4.69, 9.17) is 10.5 Å². The summed E-state index contributed by atoms with van der Waals surface area (Å²) in [6, 6.07) is 9.16. The van der Waals surface area contributed by atoms with Crippen LogP contribution in [0.4, 0.5) is 0 Å². The molecule has 1 amide bonds. The molecule has 0 bridgehead atoms. The van der Waals surface area contributed by atoms with Crippen LogP contribution in [-0.4, -0.2) is 31.1 Å². The summed E-state index contributed by atoms with van der Waals surface area (Å²) in [5.74, 6) is -0.917. The second-order valence-electron chi connectivity index (χ2n) is 5.28. The van der Waals surface area contributed by atoms with Crippen molar-refractivity contribution in [1.29, 1.82) is 0 Å². The maximum absolute atomic E-state index is 12.1. The summed E-state index contributed by atoms with van der Waals surface area (Å²) >= 11 is 0. The highest BCUT2D eigenvalue weighted by molar-refractivity contribution is 5.82. The van der Waals surface area contributed by atoms with Crippen LogP contribution in [0.2, 0.25) is 0 Å². The highest BCUT2D eigenvalue weighted by atomic mass is 16.5. The first-order valence-electron chi connectivity index (χ1n) is 7.82. The summed E-state index contributed by atoms with van der Waals surface area (Å²) < 4.78 is 5.10. The van der Waals surface area contributed by atoms with Crippen molar-refractivity contribution in [2.75, 3.05) is 13.2 Å². The SMILES string of the molecule is CCCC(N)C(=O)NCC(Cc1ccccc1)C(=O)OCC. The summed E-state index contributed by atoms with van der Waals surface area (Å²) in [7, 11) is 0. The van der Waals surface area contributed by atoms with E-state index in [2.05, 4.69) is 5.32 Å². The predicted octanol–water partition coefficient (Wildman–Crippen LogP) is 1.65. The molecule has 2 atom stereocenters. The molecule has 3 N–H and O–H groups in total. The van der Waals surface area contributed by atoms with Gasteiger partial charge in [0.25, 0.3) is 0 Å². The molecule has 0 radical (unpaired) electrons. The Hall–Kier alpha value is -1.88. The van der Waals surface area contributed by atoms with Crippen LogP contribution in [0.15, 0.2) is 30.3 Å². The van der Waals surface area contributed by atoms with E-state index in [1.165, 1.54) is 0 Å². The van der Waals surface area contributed by atoms with E-state index in [1.54, 1.807) is 6.92 Å². The zero-order valence-electron chi connectivity index (χ0n) is 13.4. The minimum absolute atomic E-state index is 0.218. The van der Waals surface area contributed by atoms with Crippen molar-refractivity contribution >= 4 is 11.9 Å². The number of nitrogens with one attached hydrogen (secondary N) is 1. The van der Waals surface area contributed by atoms with E-state index in [-0.39, 0.29) is 18.4 Å². The molecule has 1 rings (SSSR count). The average Bonchev–Trinajstić information content (AvgIpc) is 2.52. The van der Waals surface area contributed by atoms with Crippen LogP contribution in [0.1, 0.15) is 32.3 Å². The number of rotatable bonds is 9. The quantitative estimate of drug-likeness (QED) is 0.680. The van der Waals surface area contributed by atoms with Gasteiger partial charge in [0.15, 0.2) is 0 Å². The minimum Gasteiger partial charge on any atom is -0.466 e. The number of ether oxygens (including phenoxy) is 1. The molecule has 0 aliphatic heterocycles. The maximum Gasteiger partial charge on any atom is 0.311 e. The summed E-state index contributed by atoms with van der Waals surface area (Å²) in [5, 5.41) is 2.76. The van der Waals surface area contributed by atoms with Crippen LogP contribution in [0.25, 0.3) is 0 Å². The van der Waals surface area contributed by atoms with Crippen molar-refractivity contribution in [3.05, 3.63) is 35.9 Å². The van der Waals surface area contributed by atoms with Gasteiger partial charge in [-0.05, 0) is 25.3 Å². The van der Waals surface area contributed by atoms with E-state index in [0.29, 0.717) is 19.4 Å². The van der Waals surface area contributed by atoms with Gasteiger partial charge in [-0.3, -0.25) is 9.59 Å². The molecule has 0 aliphatic rings. The summed E-state index contributed by atoms with van der Waals surface area (Å²) in [6.45, 7) is 4.31. The Labute approximate surface area is 132 Å². The van der Waals surface area contributed by atoms with Gasteiger partial charge >= 0.3 is 5.97 Å². The molecule has 0 heterocycles. The third-order valence-corrected chi connectivity index (χ3v) is 3.40. The molecular weight excluding hydrogens is 280 g/mol. The first-order chi connectivity index (χ1) is 10.6. The summed E-state index contributed by atoms with van der Waals surface area (Å²) in [4.78, 5) is 23.9. The average molecular weight is 306 g/mol. The topological polar surface area (TPSA) is 81.4 Å². The lowest BCUT2D eigenvalue weighted by atomic mass is 9.99. The lowest BCUT2D eigenvalue weighted by Gasteiger charge is -2.18. The van der Waals surface area contributed by atoms with Crippen molar-refractivity contribution in [3.63, 3.8) is 0 Å². The number of carbonyl (C=O) groups excluding carboxylic acids is 2. The van der Waals surface area contributed by atoms with Crippen molar-refractivity contribution in [2.24, 2.45) is 11.7 Å². The number of esters is 1. The minimum atomic E-state index is -0.524. The largest absolute Gasteiger partial charge is 0.466 e. The van der Waals surface area contributed by atoms with Crippen molar-refractivity contribution in [2.45, 2.75) is 39.2 Å². The van der Waals surface area contributed by atoms with Crippen molar-refractivity contribution < 1.29 is 14.3 Å². The van der Waals surface area contributed by atoms with Crippen molar-refractivity contribution in [1.82, 2.24) is 5.32 Å². The van der Waals surface area contributed by atoms with Crippen LogP contribution in [-0.2, 0) is 20.7 Å². The molecule has 0 spiro atoms. The van der Waals surface area contributed by atoms with Gasteiger partial charge in [-0.15, -0.1) is 0 Å². The third-order valence-electron chi connectivity index (χ3n) is 3.40. The summed E-state index contributed by atoms with van der Waals surface area (Å²) in [5.41, 5.74) is 6.81. The number of hydrogen-bond donors (Lipinski definition) is 2. The fourth-order valence-corrected chi connectivity index (χ4v) is 2.19. The number of hydrogen-bond acceptors (Lipinski definition) is 4. The Morgan fingerprint density at radius 1 is 1.23 bits per heavy atom. The molecule has 0 saturated carbocycles. The molecule has 2 unspecified atom stereocenters. The molecule has 1 aromatic rings. The standard InChI is InChI=1S/C17H26N2O3/c1-3-8-15(18)16(20)19-12-14(17(21)22-4-2)11-13-9-6-5-7-10-13/h5-7,9-10,14-15H,3-4,8,11-12,18H2,1-2H3,(H,19,20). The molecule has 0 aliphatic carbocycles. The van der Waals surface area contributed by atoms with Gasteiger partial charge in [0.1, 0.15) is 0 Å². The molecule has 0 aromatic heterocycles. The van der Waals surface area contributed by atoms with Crippen LogP contribution >= 0.6 is 0 Å². The second kappa shape index (κ2) is 9.95. The van der Waals surface area contributed by atoms with Crippen molar-refractivity contribution in [3.8, 4) is 0 Å². The fraction of sp³-hybridized carbons (Fsp3) is 0.529. The van der Waals surface area contributed by atoms with Gasteiger partial charge in [-0.1, -0.05) is 43.7 Å². The van der Waals surface area contributed by atoms with Gasteiger partial charge in [-0.25, -0.2) is 0 Å². The highest BCUT2D eigenvalue weighted by Gasteiger charge is 2.22. The third kappa shape index (κ3) is 6.26. The Morgan fingerprint density at radius 3 is 2.50 bits per heavy atom. The number of amides is 1. The van der Waals surface area contributed by atoms with Crippen LogP contribution in [0, 0.1) is 5.92 Å². The second-order valence-corrected chi connectivity index (χ2v) is 5.28. The zero-order valence-corrected chi connectivity index (χ0v) is 13.4. The molecule has 5 nitrogen and oxygen atoms in total. The smallest absolute Gasteiger partial charge is 0.311 e. The van der Waals surface area contributed by atoms with Crippen LogP contribution in [0.3, 0.4) is 0 Å². The highest BCUT2D eigenvalue weighted by Crippen LogP contribution is 2.10. The Morgan fingerprint density at radius 2 is 1.91 bits per heavy atom. The molecule has 122 valence electrons. The predicted molar refractivity (Wildman–Crippen MR) is 86.2 cm³/mol. The van der Waals surface area contributed by atoms with Gasteiger partial charge < -0.3 is 15.8 Å². The van der Waals surface area contributed by atoms with E-state index >= 15 is 0 Å². The van der Waals surface area contributed by atoms with E-state index in [0.717, 1.165) is 12.0 Å². The van der Waals surface area contributed by atoms with Gasteiger partial charge in [-0.2, -0.15) is 0 Å². The zero-order chi connectivity index (χ0) is 16.4. The van der Waals surface area contributed by atoms with Gasteiger partial charge in [0.2, 0.25) is 5.91 Å². The summed E-state index contributed by atoms with van der Waals surface area (Å²) in [6.07, 6.45) is 2.01. The fourth-order valence-electron chi connectivity index (χ4n) is 2.19. The van der Waals surface area contributed by atoms with Crippen LogP contribution < -0.4 is 11.1 Å². The lowest BCUT2D eigenvalue weighted by Crippen LogP contribution is -2.44. The van der Waals surface area contributed by atoms with Gasteiger partial charge in [0, 0.05) is 6.54 Å². The van der Waals surface area contributed by atoms with E-state index < -0.39 is 12.0 Å². The van der Waals surface area contributed by atoms with Gasteiger partial charge in [0.05, 0.1) is 18.6 Å². The Bertz CT molecular complexity index is 462. The first kappa shape index (κ1) is 18.2. The first-order valence-corrected chi connectivity index (χ1v) is 7.82. The Balaban J connectivity index is 2.62. The molecule has 1 aromatic carbocycles. The van der Waals surface area contributed by atoms with E-state index in [1.807, 2.05) is 37.3 Å². The molecule has 5 heteroatoms. The molecule has 0 saturated heterocycles.